The van der Waals surface area contributed by atoms with Crippen molar-refractivity contribution in [2.45, 2.75) is 34.1 Å². The SMILES string of the molecule is CCC(C)CN(CC)c1nc(C)ccc1C(=O)O. The smallest absolute Gasteiger partial charge is 0.339 e. The van der Waals surface area contributed by atoms with Crippen molar-refractivity contribution in [3.63, 3.8) is 0 Å². The molecular weight excluding hydrogens is 228 g/mol. The average Bonchev–Trinajstić information content (AvgIpc) is 2.35. The molecule has 0 fully saturated rings. The van der Waals surface area contributed by atoms with E-state index in [4.69, 9.17) is 0 Å². The van der Waals surface area contributed by atoms with Crippen molar-refractivity contribution < 1.29 is 9.90 Å². The van der Waals surface area contributed by atoms with E-state index in [-0.39, 0.29) is 5.56 Å². The Morgan fingerprint density at radius 1 is 1.44 bits per heavy atom. The molecule has 0 saturated carbocycles. The van der Waals surface area contributed by atoms with Crippen molar-refractivity contribution in [3.8, 4) is 0 Å². The molecule has 4 nitrogen and oxygen atoms in total. The molecule has 0 spiro atoms. The van der Waals surface area contributed by atoms with Crippen LogP contribution in [-0.2, 0) is 0 Å². The number of nitrogens with zero attached hydrogens (tertiary/aromatic N) is 2. The summed E-state index contributed by atoms with van der Waals surface area (Å²) < 4.78 is 0. The molecule has 0 aliphatic carbocycles. The number of carboxylic acids is 1. The first kappa shape index (κ1) is 14.5. The maximum Gasteiger partial charge on any atom is 0.339 e. The van der Waals surface area contributed by atoms with Gasteiger partial charge in [0.15, 0.2) is 0 Å². The first-order valence-electron chi connectivity index (χ1n) is 6.45. The van der Waals surface area contributed by atoms with Gasteiger partial charge < -0.3 is 10.0 Å². The summed E-state index contributed by atoms with van der Waals surface area (Å²) in [7, 11) is 0. The minimum Gasteiger partial charge on any atom is -0.478 e. The molecular formula is C14H22N2O2. The fourth-order valence-electron chi connectivity index (χ4n) is 1.82. The maximum absolute atomic E-state index is 11.2. The van der Waals surface area contributed by atoms with Gasteiger partial charge in [-0.05, 0) is 31.9 Å². The van der Waals surface area contributed by atoms with E-state index in [9.17, 15) is 9.90 Å². The van der Waals surface area contributed by atoms with Crippen molar-refractivity contribution in [2.75, 3.05) is 18.0 Å². The van der Waals surface area contributed by atoms with Gasteiger partial charge in [0.1, 0.15) is 11.4 Å². The van der Waals surface area contributed by atoms with Gasteiger partial charge >= 0.3 is 5.97 Å². The molecule has 100 valence electrons. The second kappa shape index (κ2) is 6.38. The average molecular weight is 250 g/mol. The number of rotatable bonds is 6. The number of anilines is 1. The zero-order chi connectivity index (χ0) is 13.7. The standard InChI is InChI=1S/C14H22N2O2/c1-5-10(3)9-16(6-2)13-12(14(17)18)8-7-11(4)15-13/h7-8,10H,5-6,9H2,1-4H3,(H,17,18). The maximum atomic E-state index is 11.2. The van der Waals surface area contributed by atoms with Crippen LogP contribution in [0, 0.1) is 12.8 Å². The lowest BCUT2D eigenvalue weighted by Crippen LogP contribution is -2.30. The van der Waals surface area contributed by atoms with Crippen LogP contribution < -0.4 is 4.90 Å². The Bertz CT molecular complexity index is 418. The summed E-state index contributed by atoms with van der Waals surface area (Å²) in [5.41, 5.74) is 1.13. The van der Waals surface area contributed by atoms with Crippen LogP contribution in [-0.4, -0.2) is 29.1 Å². The van der Waals surface area contributed by atoms with Gasteiger partial charge in [-0.1, -0.05) is 20.3 Å². The zero-order valence-electron chi connectivity index (χ0n) is 11.6. The van der Waals surface area contributed by atoms with Gasteiger partial charge in [-0.15, -0.1) is 0 Å². The third kappa shape index (κ3) is 3.45. The molecule has 1 unspecified atom stereocenters. The Hall–Kier alpha value is -1.58. The fraction of sp³-hybridized carbons (Fsp3) is 0.571. The second-order valence-corrected chi connectivity index (χ2v) is 4.68. The van der Waals surface area contributed by atoms with Gasteiger partial charge in [-0.2, -0.15) is 0 Å². The molecule has 1 rings (SSSR count). The van der Waals surface area contributed by atoms with Crippen LogP contribution in [0.15, 0.2) is 12.1 Å². The van der Waals surface area contributed by atoms with Crippen molar-refractivity contribution in [2.24, 2.45) is 5.92 Å². The van der Waals surface area contributed by atoms with Gasteiger partial charge in [0.25, 0.3) is 0 Å². The van der Waals surface area contributed by atoms with E-state index in [1.54, 1.807) is 12.1 Å². The number of hydrogen-bond acceptors (Lipinski definition) is 3. The molecule has 0 saturated heterocycles. The van der Waals surface area contributed by atoms with Crippen molar-refractivity contribution in [1.29, 1.82) is 0 Å². The summed E-state index contributed by atoms with van der Waals surface area (Å²) in [4.78, 5) is 17.7. The normalized spacial score (nSPS) is 12.2. The van der Waals surface area contributed by atoms with E-state index in [1.165, 1.54) is 0 Å². The van der Waals surface area contributed by atoms with Crippen LogP contribution in [0.4, 0.5) is 5.82 Å². The molecule has 0 amide bonds. The van der Waals surface area contributed by atoms with Crippen LogP contribution in [0.3, 0.4) is 0 Å². The molecule has 18 heavy (non-hydrogen) atoms. The highest BCUT2D eigenvalue weighted by molar-refractivity contribution is 5.93. The van der Waals surface area contributed by atoms with E-state index >= 15 is 0 Å². The second-order valence-electron chi connectivity index (χ2n) is 4.68. The van der Waals surface area contributed by atoms with E-state index < -0.39 is 5.97 Å². The largest absolute Gasteiger partial charge is 0.478 e. The first-order chi connectivity index (χ1) is 8.49. The van der Waals surface area contributed by atoms with Crippen LogP contribution in [0.5, 0.6) is 0 Å². The van der Waals surface area contributed by atoms with Gasteiger partial charge in [0.05, 0.1) is 0 Å². The summed E-state index contributed by atoms with van der Waals surface area (Å²) in [5.74, 6) is 0.194. The number of aryl methyl sites for hydroxylation is 1. The third-order valence-electron chi connectivity index (χ3n) is 3.16. The Balaban J connectivity index is 3.10. The van der Waals surface area contributed by atoms with Crippen LogP contribution in [0.1, 0.15) is 43.2 Å². The Morgan fingerprint density at radius 3 is 2.61 bits per heavy atom. The Morgan fingerprint density at radius 2 is 2.11 bits per heavy atom. The highest BCUT2D eigenvalue weighted by atomic mass is 16.4. The van der Waals surface area contributed by atoms with Crippen molar-refractivity contribution in [1.82, 2.24) is 4.98 Å². The molecule has 0 aliphatic heterocycles. The highest BCUT2D eigenvalue weighted by Crippen LogP contribution is 2.20. The van der Waals surface area contributed by atoms with Gasteiger partial charge in [0, 0.05) is 18.8 Å². The van der Waals surface area contributed by atoms with Crippen LogP contribution >= 0.6 is 0 Å². The van der Waals surface area contributed by atoms with E-state index in [2.05, 4.69) is 18.8 Å². The Kier molecular flexibility index (Phi) is 5.13. The molecule has 1 aromatic rings. The number of carboxylic acid groups (broad SMARTS) is 1. The molecule has 0 bridgehead atoms. The zero-order valence-corrected chi connectivity index (χ0v) is 11.6. The lowest BCUT2D eigenvalue weighted by atomic mass is 10.1. The molecule has 1 heterocycles. The lowest BCUT2D eigenvalue weighted by molar-refractivity contribution is 0.0697. The molecule has 1 atom stereocenters. The van der Waals surface area contributed by atoms with Gasteiger partial charge in [-0.25, -0.2) is 9.78 Å². The lowest BCUT2D eigenvalue weighted by Gasteiger charge is -2.26. The molecule has 0 aliphatic rings. The number of aromatic carboxylic acids is 1. The predicted octanol–water partition coefficient (Wildman–Crippen LogP) is 2.96. The molecule has 1 N–H and O–H groups in total. The Labute approximate surface area is 109 Å². The number of hydrogen-bond donors (Lipinski definition) is 1. The highest BCUT2D eigenvalue weighted by Gasteiger charge is 2.18. The van der Waals surface area contributed by atoms with E-state index in [0.29, 0.717) is 11.7 Å². The monoisotopic (exact) mass is 250 g/mol. The molecule has 0 radical (unpaired) electrons. The summed E-state index contributed by atoms with van der Waals surface area (Å²) in [6.45, 7) is 9.81. The summed E-state index contributed by atoms with van der Waals surface area (Å²) in [5, 5.41) is 9.23. The van der Waals surface area contributed by atoms with Crippen LogP contribution in [0.25, 0.3) is 0 Å². The quantitative estimate of drug-likeness (QED) is 0.843. The number of carbonyl (C=O) groups is 1. The van der Waals surface area contributed by atoms with Crippen LogP contribution in [0.2, 0.25) is 0 Å². The topological polar surface area (TPSA) is 53.4 Å². The van der Waals surface area contributed by atoms with Gasteiger partial charge in [-0.3, -0.25) is 0 Å². The number of aromatic nitrogens is 1. The third-order valence-corrected chi connectivity index (χ3v) is 3.16. The predicted molar refractivity (Wildman–Crippen MR) is 73.3 cm³/mol. The summed E-state index contributed by atoms with van der Waals surface area (Å²) >= 11 is 0. The summed E-state index contributed by atoms with van der Waals surface area (Å²) in [6.07, 6.45) is 1.07. The van der Waals surface area contributed by atoms with Crippen molar-refractivity contribution >= 4 is 11.8 Å². The van der Waals surface area contributed by atoms with Gasteiger partial charge in [0.2, 0.25) is 0 Å². The first-order valence-corrected chi connectivity index (χ1v) is 6.45. The minimum atomic E-state index is -0.917. The number of pyridine rings is 1. The molecule has 0 aromatic carbocycles. The van der Waals surface area contributed by atoms with E-state index in [1.807, 2.05) is 18.7 Å². The van der Waals surface area contributed by atoms with E-state index in [0.717, 1.165) is 25.2 Å². The minimum absolute atomic E-state index is 0.283. The molecule has 4 heteroatoms. The summed E-state index contributed by atoms with van der Waals surface area (Å²) in [6, 6.07) is 3.38. The fourth-order valence-corrected chi connectivity index (χ4v) is 1.82. The molecule has 1 aromatic heterocycles. The van der Waals surface area contributed by atoms with Crippen molar-refractivity contribution in [3.05, 3.63) is 23.4 Å².